The molecule has 0 spiro atoms. The second kappa shape index (κ2) is 6.35. The minimum absolute atomic E-state index is 0.546. The first-order valence-electron chi connectivity index (χ1n) is 6.84. The molecule has 0 radical (unpaired) electrons. The van der Waals surface area contributed by atoms with E-state index in [4.69, 9.17) is 4.42 Å². The number of thioether (sulfide) groups is 1. The van der Waals surface area contributed by atoms with Crippen LogP contribution in [0.2, 0.25) is 0 Å². The zero-order valence-electron chi connectivity index (χ0n) is 11.9. The van der Waals surface area contributed by atoms with Crippen LogP contribution in [0, 0.1) is 0 Å². The van der Waals surface area contributed by atoms with Gasteiger partial charge in [0.15, 0.2) is 5.16 Å². The van der Waals surface area contributed by atoms with E-state index in [0.717, 1.165) is 15.7 Å². The van der Waals surface area contributed by atoms with Crippen molar-refractivity contribution in [1.29, 1.82) is 0 Å². The standard InChI is InChI=1S/C15H11N5OS2/c1-2-5-11(6-3-1)20-10-16-19-15(20)23-9-13-17-18-14(21-13)12-7-4-8-22-12/h1-8,10H,9H2. The molecule has 0 aliphatic carbocycles. The fraction of sp³-hybridized carbons (Fsp3) is 0.0667. The topological polar surface area (TPSA) is 69.6 Å². The SMILES string of the molecule is c1ccc(-n2cnnc2SCc2nnc(-c3cccs3)o2)cc1. The lowest BCUT2D eigenvalue weighted by Gasteiger charge is -2.04. The Morgan fingerprint density at radius 1 is 1.04 bits per heavy atom. The Hall–Kier alpha value is -2.45. The van der Waals surface area contributed by atoms with Crippen LogP contribution in [0.3, 0.4) is 0 Å². The molecule has 1 aromatic carbocycles. The lowest BCUT2D eigenvalue weighted by atomic mass is 10.3. The third kappa shape index (κ3) is 3.03. The molecule has 0 amide bonds. The molecule has 3 aromatic heterocycles. The van der Waals surface area contributed by atoms with Crippen LogP contribution in [-0.4, -0.2) is 25.0 Å². The highest BCUT2D eigenvalue weighted by molar-refractivity contribution is 7.98. The first-order chi connectivity index (χ1) is 11.4. The lowest BCUT2D eigenvalue weighted by molar-refractivity contribution is 0.529. The van der Waals surface area contributed by atoms with Gasteiger partial charge < -0.3 is 4.42 Å². The maximum atomic E-state index is 5.68. The predicted octanol–water partition coefficient (Wildman–Crippen LogP) is 3.67. The van der Waals surface area contributed by atoms with Gasteiger partial charge in [0.05, 0.1) is 10.6 Å². The van der Waals surface area contributed by atoms with Crippen LogP contribution in [0.5, 0.6) is 0 Å². The van der Waals surface area contributed by atoms with E-state index in [2.05, 4.69) is 20.4 Å². The van der Waals surface area contributed by atoms with Gasteiger partial charge in [0.25, 0.3) is 5.89 Å². The van der Waals surface area contributed by atoms with Gasteiger partial charge in [-0.3, -0.25) is 4.57 Å². The molecule has 6 nitrogen and oxygen atoms in total. The fourth-order valence-corrected chi connectivity index (χ4v) is 3.44. The van der Waals surface area contributed by atoms with E-state index in [1.165, 1.54) is 11.8 Å². The molecule has 0 bridgehead atoms. The Labute approximate surface area is 140 Å². The highest BCUT2D eigenvalue weighted by atomic mass is 32.2. The zero-order chi connectivity index (χ0) is 15.5. The van der Waals surface area contributed by atoms with Crippen molar-refractivity contribution in [2.75, 3.05) is 0 Å². The smallest absolute Gasteiger partial charge is 0.257 e. The summed E-state index contributed by atoms with van der Waals surface area (Å²) < 4.78 is 7.61. The monoisotopic (exact) mass is 341 g/mol. The number of aromatic nitrogens is 5. The van der Waals surface area contributed by atoms with E-state index in [0.29, 0.717) is 17.5 Å². The first-order valence-corrected chi connectivity index (χ1v) is 8.71. The molecule has 3 heterocycles. The van der Waals surface area contributed by atoms with Crippen LogP contribution in [0.15, 0.2) is 63.7 Å². The van der Waals surface area contributed by atoms with Crippen LogP contribution in [0.1, 0.15) is 5.89 Å². The van der Waals surface area contributed by atoms with Crippen molar-refractivity contribution in [3.8, 4) is 16.5 Å². The molecule has 0 aliphatic rings. The molecule has 4 rings (SSSR count). The van der Waals surface area contributed by atoms with Crippen molar-refractivity contribution in [2.45, 2.75) is 10.9 Å². The van der Waals surface area contributed by atoms with E-state index >= 15 is 0 Å². The number of benzene rings is 1. The van der Waals surface area contributed by atoms with Crippen molar-refractivity contribution >= 4 is 23.1 Å². The summed E-state index contributed by atoms with van der Waals surface area (Å²) in [6, 6.07) is 13.9. The number of para-hydroxylation sites is 1. The summed E-state index contributed by atoms with van der Waals surface area (Å²) in [5, 5.41) is 19.1. The third-order valence-corrected chi connectivity index (χ3v) is 4.86. The summed E-state index contributed by atoms with van der Waals surface area (Å²) in [7, 11) is 0. The normalized spacial score (nSPS) is 11.0. The zero-order valence-corrected chi connectivity index (χ0v) is 13.5. The third-order valence-electron chi connectivity index (χ3n) is 3.07. The van der Waals surface area contributed by atoms with Crippen LogP contribution >= 0.6 is 23.1 Å². The van der Waals surface area contributed by atoms with Gasteiger partial charge in [-0.2, -0.15) is 0 Å². The number of hydrogen-bond donors (Lipinski definition) is 0. The molecule has 0 atom stereocenters. The molecule has 0 N–H and O–H groups in total. The summed E-state index contributed by atoms with van der Waals surface area (Å²) in [6.07, 6.45) is 1.70. The average Bonchev–Trinajstić information content (AvgIpc) is 3.33. The van der Waals surface area contributed by atoms with Crippen LogP contribution in [0.4, 0.5) is 0 Å². The molecule has 0 fully saturated rings. The van der Waals surface area contributed by atoms with Crippen molar-refractivity contribution in [3.63, 3.8) is 0 Å². The van der Waals surface area contributed by atoms with E-state index in [-0.39, 0.29) is 0 Å². The van der Waals surface area contributed by atoms with E-state index in [1.54, 1.807) is 17.7 Å². The van der Waals surface area contributed by atoms with Gasteiger partial charge in [0.1, 0.15) is 6.33 Å². The fourth-order valence-electron chi connectivity index (χ4n) is 2.03. The highest BCUT2D eigenvalue weighted by Crippen LogP contribution is 2.26. The number of hydrogen-bond acceptors (Lipinski definition) is 7. The molecule has 0 saturated carbocycles. The first kappa shape index (κ1) is 14.2. The molecule has 0 saturated heterocycles. The molecule has 23 heavy (non-hydrogen) atoms. The molecule has 8 heteroatoms. The second-order valence-corrected chi connectivity index (χ2v) is 6.48. The van der Waals surface area contributed by atoms with Crippen LogP contribution < -0.4 is 0 Å². The van der Waals surface area contributed by atoms with E-state index < -0.39 is 0 Å². The van der Waals surface area contributed by atoms with Gasteiger partial charge in [-0.1, -0.05) is 36.0 Å². The minimum Gasteiger partial charge on any atom is -0.419 e. The van der Waals surface area contributed by atoms with Gasteiger partial charge in [-0.25, -0.2) is 0 Å². The Morgan fingerprint density at radius 2 is 1.96 bits per heavy atom. The average molecular weight is 341 g/mol. The van der Waals surface area contributed by atoms with Gasteiger partial charge in [-0.15, -0.1) is 31.7 Å². The Kier molecular flexibility index (Phi) is 3.91. The molecular weight excluding hydrogens is 330 g/mol. The largest absolute Gasteiger partial charge is 0.419 e. The van der Waals surface area contributed by atoms with E-state index in [1.807, 2.05) is 52.4 Å². The summed E-state index contributed by atoms with van der Waals surface area (Å²) in [5.74, 6) is 1.67. The summed E-state index contributed by atoms with van der Waals surface area (Å²) in [5.41, 5.74) is 1.02. The van der Waals surface area contributed by atoms with Gasteiger partial charge in [0.2, 0.25) is 5.89 Å². The quantitative estimate of drug-likeness (QED) is 0.516. The van der Waals surface area contributed by atoms with Crippen molar-refractivity contribution in [1.82, 2.24) is 25.0 Å². The van der Waals surface area contributed by atoms with Gasteiger partial charge in [0, 0.05) is 5.69 Å². The number of rotatable bonds is 5. The number of nitrogens with zero attached hydrogens (tertiary/aromatic N) is 5. The van der Waals surface area contributed by atoms with Crippen LogP contribution in [-0.2, 0) is 5.75 Å². The maximum Gasteiger partial charge on any atom is 0.257 e. The lowest BCUT2D eigenvalue weighted by Crippen LogP contribution is -1.94. The maximum absolute atomic E-state index is 5.68. The molecular formula is C15H11N5OS2. The Bertz CT molecular complexity index is 886. The summed E-state index contributed by atoms with van der Waals surface area (Å²) in [6.45, 7) is 0. The number of thiophene rings is 1. The molecule has 0 aliphatic heterocycles. The van der Waals surface area contributed by atoms with Crippen molar-refractivity contribution in [2.24, 2.45) is 0 Å². The highest BCUT2D eigenvalue weighted by Gasteiger charge is 2.12. The van der Waals surface area contributed by atoms with Crippen molar-refractivity contribution < 1.29 is 4.42 Å². The minimum atomic E-state index is 0.546. The second-order valence-electron chi connectivity index (χ2n) is 4.59. The molecule has 114 valence electrons. The van der Waals surface area contributed by atoms with E-state index in [9.17, 15) is 0 Å². The summed E-state index contributed by atoms with van der Waals surface area (Å²) in [4.78, 5) is 0.973. The summed E-state index contributed by atoms with van der Waals surface area (Å²) >= 11 is 3.08. The molecule has 4 aromatic rings. The Morgan fingerprint density at radius 3 is 2.78 bits per heavy atom. The van der Waals surface area contributed by atoms with Gasteiger partial charge >= 0.3 is 0 Å². The van der Waals surface area contributed by atoms with Crippen molar-refractivity contribution in [3.05, 3.63) is 60.1 Å². The molecule has 0 unspecified atom stereocenters. The predicted molar refractivity (Wildman–Crippen MR) is 88.5 cm³/mol. The van der Waals surface area contributed by atoms with Crippen LogP contribution in [0.25, 0.3) is 16.5 Å². The Balaban J connectivity index is 1.49. The van der Waals surface area contributed by atoms with Gasteiger partial charge in [-0.05, 0) is 23.6 Å².